The van der Waals surface area contributed by atoms with Gasteiger partial charge in [-0.3, -0.25) is 14.5 Å². The van der Waals surface area contributed by atoms with Crippen LogP contribution in [0, 0.1) is 19.3 Å². The number of carbonyl (C=O) groups is 1. The molecule has 0 aliphatic rings. The highest BCUT2D eigenvalue weighted by Crippen LogP contribution is 2.29. The number of hydrogen-bond acceptors (Lipinski definition) is 7. The van der Waals surface area contributed by atoms with Gasteiger partial charge in [0.25, 0.3) is 5.91 Å². The molecule has 5 N–H and O–H groups in total. The number of hydrogen-bond donors (Lipinski definition) is 3. The van der Waals surface area contributed by atoms with Crippen molar-refractivity contribution in [2.75, 3.05) is 32.8 Å². The van der Waals surface area contributed by atoms with Gasteiger partial charge in [-0.15, -0.1) is 0 Å². The molecule has 0 bridgehead atoms. The summed E-state index contributed by atoms with van der Waals surface area (Å²) in [5.74, 6) is 6.19. The second-order valence-corrected chi connectivity index (χ2v) is 11.7. The summed E-state index contributed by atoms with van der Waals surface area (Å²) in [5.41, 5.74) is 12.8. The molecule has 2 atom stereocenters. The number of nitrogens with two attached hydrogens (primary N) is 2. The van der Waals surface area contributed by atoms with E-state index in [2.05, 4.69) is 55.2 Å². The molecule has 1 heterocycles. The number of benzene rings is 1. The molecular weight excluding hydrogens is 502 g/mol. The average molecular weight is 552 g/mol. The third-order valence-electron chi connectivity index (χ3n) is 6.94. The fourth-order valence-corrected chi connectivity index (χ4v) is 4.22. The Morgan fingerprint density at radius 1 is 1.23 bits per heavy atom. The topological polar surface area (TPSA) is 115 Å². The van der Waals surface area contributed by atoms with Gasteiger partial charge in [-0.2, -0.15) is 5.10 Å². The molecule has 0 aliphatic carbocycles. The maximum atomic E-state index is 13.3. The fraction of sp³-hybridized carbons (Fsp3) is 0.484. The molecule has 1 aromatic heterocycles. The Bertz CT molecular complexity index is 1260. The van der Waals surface area contributed by atoms with Gasteiger partial charge >= 0.3 is 0 Å². The molecule has 0 saturated carbocycles. The summed E-state index contributed by atoms with van der Waals surface area (Å²) in [4.78, 5) is 15.4. The number of nitrogens with zero attached hydrogens (tertiary/aromatic N) is 4. The first kappa shape index (κ1) is 32.8. The van der Waals surface area contributed by atoms with Crippen LogP contribution in [0.1, 0.15) is 61.8 Å². The van der Waals surface area contributed by atoms with Crippen LogP contribution in [0.2, 0.25) is 0 Å². The molecule has 0 aliphatic heterocycles. The highest BCUT2D eigenvalue weighted by Gasteiger charge is 2.20. The van der Waals surface area contributed by atoms with E-state index in [1.165, 1.54) is 10.6 Å². The van der Waals surface area contributed by atoms with Crippen LogP contribution in [0.3, 0.4) is 0 Å². The van der Waals surface area contributed by atoms with Crippen molar-refractivity contribution in [3.63, 3.8) is 0 Å². The molecular formula is C31H49N7O2. The third-order valence-corrected chi connectivity index (χ3v) is 6.94. The van der Waals surface area contributed by atoms with Gasteiger partial charge in [-0.05, 0) is 76.0 Å². The number of amides is 1. The minimum absolute atomic E-state index is 0.0200. The van der Waals surface area contributed by atoms with Gasteiger partial charge < -0.3 is 20.7 Å². The third kappa shape index (κ3) is 8.81. The van der Waals surface area contributed by atoms with E-state index in [0.29, 0.717) is 16.9 Å². The predicted octanol–water partition coefficient (Wildman–Crippen LogP) is 4.29. The standard InChI is InChI=1S/C31H49N7O2/c1-20-12-13-24(16-29(20)38(33)19-28(32)27-17-34-37(10)22(27)3)30(39)35-21(2)14-26(31(5,6)7)15-25(18-36(8)9)23(4)40-11/h12-17,19,21,23H,18,32-33H2,1-11H3,(H,35,39)/b25-15-,26-14+,28-19-. The normalized spacial score (nSPS) is 14.9. The number of anilines is 1. The van der Waals surface area contributed by atoms with Gasteiger partial charge in [-0.1, -0.05) is 39.0 Å². The van der Waals surface area contributed by atoms with Gasteiger partial charge in [0.15, 0.2) is 0 Å². The number of rotatable bonds is 11. The maximum absolute atomic E-state index is 13.3. The van der Waals surface area contributed by atoms with Crippen molar-refractivity contribution in [1.82, 2.24) is 20.0 Å². The number of aryl methyl sites for hydroxylation is 2. The zero-order valence-electron chi connectivity index (χ0n) is 26.2. The Morgan fingerprint density at radius 3 is 2.40 bits per heavy atom. The fourth-order valence-electron chi connectivity index (χ4n) is 4.22. The smallest absolute Gasteiger partial charge is 0.251 e. The van der Waals surface area contributed by atoms with E-state index in [0.717, 1.165) is 28.9 Å². The number of hydrazine groups is 1. The molecule has 40 heavy (non-hydrogen) atoms. The van der Waals surface area contributed by atoms with Crippen LogP contribution in [0.5, 0.6) is 0 Å². The number of allylic oxidation sites excluding steroid dienone is 2. The Kier molecular flexibility index (Phi) is 11.3. The second-order valence-electron chi connectivity index (χ2n) is 11.7. The molecule has 2 aromatic rings. The molecule has 9 nitrogen and oxygen atoms in total. The first-order chi connectivity index (χ1) is 18.5. The summed E-state index contributed by atoms with van der Waals surface area (Å²) >= 11 is 0. The molecule has 2 unspecified atom stereocenters. The average Bonchev–Trinajstić information content (AvgIpc) is 3.19. The Balaban J connectivity index is 2.32. The van der Waals surface area contributed by atoms with Crippen molar-refractivity contribution in [2.45, 2.75) is 60.6 Å². The van der Waals surface area contributed by atoms with Crippen LogP contribution in [-0.2, 0) is 11.8 Å². The summed E-state index contributed by atoms with van der Waals surface area (Å²) in [6.45, 7) is 15.2. The summed E-state index contributed by atoms with van der Waals surface area (Å²) in [6.07, 6.45) is 7.65. The molecule has 220 valence electrons. The summed E-state index contributed by atoms with van der Waals surface area (Å²) in [6, 6.07) is 5.25. The number of ether oxygens (including phenoxy) is 1. The lowest BCUT2D eigenvalue weighted by Gasteiger charge is -2.26. The predicted molar refractivity (Wildman–Crippen MR) is 166 cm³/mol. The molecule has 9 heteroatoms. The minimum atomic E-state index is -0.209. The van der Waals surface area contributed by atoms with Gasteiger partial charge in [0.05, 0.1) is 23.7 Å². The van der Waals surface area contributed by atoms with Gasteiger partial charge in [0.2, 0.25) is 0 Å². The first-order valence-electron chi connectivity index (χ1n) is 13.6. The van der Waals surface area contributed by atoms with E-state index >= 15 is 0 Å². The lowest BCUT2D eigenvalue weighted by molar-refractivity contribution is 0.0946. The Morgan fingerprint density at radius 2 is 1.88 bits per heavy atom. The van der Waals surface area contributed by atoms with Crippen molar-refractivity contribution in [1.29, 1.82) is 0 Å². The monoisotopic (exact) mass is 551 g/mol. The first-order valence-corrected chi connectivity index (χ1v) is 13.6. The van der Waals surface area contributed by atoms with E-state index in [1.54, 1.807) is 36.3 Å². The number of likely N-dealkylation sites (N-methyl/N-ethyl adjacent to an activating group) is 1. The number of carbonyl (C=O) groups excluding carboxylic acids is 1. The second kappa shape index (κ2) is 13.8. The summed E-state index contributed by atoms with van der Waals surface area (Å²) in [7, 11) is 7.67. The van der Waals surface area contributed by atoms with Crippen LogP contribution in [0.15, 0.2) is 53.9 Å². The van der Waals surface area contributed by atoms with Crippen LogP contribution >= 0.6 is 0 Å². The highest BCUT2D eigenvalue weighted by atomic mass is 16.5. The molecule has 0 saturated heterocycles. The van der Waals surface area contributed by atoms with Crippen molar-refractivity contribution >= 4 is 17.3 Å². The molecule has 0 spiro atoms. The van der Waals surface area contributed by atoms with Crippen LogP contribution < -0.4 is 21.9 Å². The minimum Gasteiger partial charge on any atom is -0.397 e. The lowest BCUT2D eigenvalue weighted by Crippen LogP contribution is -2.32. The van der Waals surface area contributed by atoms with Crippen molar-refractivity contribution in [3.8, 4) is 0 Å². The van der Waals surface area contributed by atoms with Crippen molar-refractivity contribution in [3.05, 3.63) is 76.3 Å². The van der Waals surface area contributed by atoms with E-state index in [1.807, 2.05) is 48.0 Å². The zero-order valence-corrected chi connectivity index (χ0v) is 26.2. The molecule has 1 amide bonds. The largest absolute Gasteiger partial charge is 0.397 e. The zero-order chi connectivity index (χ0) is 30.4. The molecule has 0 radical (unpaired) electrons. The molecule has 0 fully saturated rings. The van der Waals surface area contributed by atoms with Crippen LogP contribution in [-0.4, -0.2) is 60.5 Å². The number of methoxy groups -OCH3 is 1. The van der Waals surface area contributed by atoms with E-state index in [-0.39, 0.29) is 23.5 Å². The summed E-state index contributed by atoms with van der Waals surface area (Å²) < 4.78 is 7.38. The Hall–Kier alpha value is -3.40. The van der Waals surface area contributed by atoms with Gasteiger partial charge in [0, 0.05) is 49.8 Å². The molecule has 1 aromatic carbocycles. The van der Waals surface area contributed by atoms with Crippen molar-refractivity contribution in [2.24, 2.45) is 24.0 Å². The van der Waals surface area contributed by atoms with Gasteiger partial charge in [0.1, 0.15) is 0 Å². The van der Waals surface area contributed by atoms with E-state index in [4.69, 9.17) is 16.3 Å². The lowest BCUT2D eigenvalue weighted by atomic mass is 9.83. The Labute approximate surface area is 240 Å². The van der Waals surface area contributed by atoms with Crippen LogP contribution in [0.25, 0.3) is 5.70 Å². The number of aromatic nitrogens is 2. The quantitative estimate of drug-likeness (QED) is 0.217. The number of nitrogens with one attached hydrogen (secondary N) is 1. The summed E-state index contributed by atoms with van der Waals surface area (Å²) in [5, 5.41) is 8.81. The van der Waals surface area contributed by atoms with Crippen molar-refractivity contribution < 1.29 is 9.53 Å². The highest BCUT2D eigenvalue weighted by molar-refractivity contribution is 5.95. The SMILES string of the molecule is COC(C)/C(=C\C(=C/C(C)NC(=O)c1ccc(C)c(N(N)/C=C(\N)c2cnn(C)c2C)c1)C(C)(C)C)CN(C)C. The maximum Gasteiger partial charge on any atom is 0.251 e. The molecule has 2 rings (SSSR count). The van der Waals surface area contributed by atoms with Gasteiger partial charge in [-0.25, -0.2) is 5.84 Å². The van der Waals surface area contributed by atoms with E-state index in [9.17, 15) is 4.79 Å². The van der Waals surface area contributed by atoms with E-state index < -0.39 is 0 Å². The van der Waals surface area contributed by atoms with Crippen LogP contribution in [0.4, 0.5) is 5.69 Å².